The molecule has 1 aromatic carbocycles. The summed E-state index contributed by atoms with van der Waals surface area (Å²) in [6, 6.07) is 5.13. The molecular formula is C16H26N2O3. The van der Waals surface area contributed by atoms with E-state index in [1.165, 1.54) is 0 Å². The van der Waals surface area contributed by atoms with Crippen LogP contribution < -0.4 is 10.1 Å². The van der Waals surface area contributed by atoms with Crippen molar-refractivity contribution in [1.29, 1.82) is 0 Å². The molecule has 0 fully saturated rings. The molecule has 0 aliphatic heterocycles. The summed E-state index contributed by atoms with van der Waals surface area (Å²) in [4.78, 5) is 11.0. The first kappa shape index (κ1) is 17.3. The molecule has 1 atom stereocenters. The maximum absolute atomic E-state index is 11.4. The van der Waals surface area contributed by atoms with Gasteiger partial charge in [0.05, 0.1) is 11.0 Å². The summed E-state index contributed by atoms with van der Waals surface area (Å²) in [5.74, 6) is 0.690. The molecule has 1 aromatic rings. The van der Waals surface area contributed by atoms with Gasteiger partial charge in [-0.15, -0.1) is 0 Å². The van der Waals surface area contributed by atoms with Crippen LogP contribution in [0.4, 0.5) is 11.4 Å². The fourth-order valence-corrected chi connectivity index (χ4v) is 1.77. The number of ether oxygens (including phenoxy) is 1. The second kappa shape index (κ2) is 6.78. The molecule has 0 radical (unpaired) electrons. The van der Waals surface area contributed by atoms with Gasteiger partial charge >= 0.3 is 5.69 Å². The number of rotatable bonds is 6. The smallest absolute Gasteiger partial charge is 0.333 e. The average Bonchev–Trinajstić information content (AvgIpc) is 2.33. The van der Waals surface area contributed by atoms with Crippen molar-refractivity contribution < 1.29 is 9.66 Å². The van der Waals surface area contributed by atoms with Gasteiger partial charge in [-0.2, -0.15) is 0 Å². The molecule has 5 heteroatoms. The molecule has 1 N–H and O–H groups in total. The van der Waals surface area contributed by atoms with Gasteiger partial charge in [0.1, 0.15) is 5.69 Å². The Balaban J connectivity index is 2.99. The standard InChI is InChI=1S/C16H26N2O3/c1-11(2)21-14-9-7-8-13(15(14)18(19)20)17-10-12(3)16(4,5)6/h7-9,11-12,17H,10H2,1-6H3. The Morgan fingerprint density at radius 2 is 1.90 bits per heavy atom. The van der Waals surface area contributed by atoms with E-state index in [-0.39, 0.29) is 22.1 Å². The highest BCUT2D eigenvalue weighted by Gasteiger charge is 2.24. The van der Waals surface area contributed by atoms with E-state index in [4.69, 9.17) is 4.74 Å². The van der Waals surface area contributed by atoms with E-state index in [9.17, 15) is 10.1 Å². The van der Waals surface area contributed by atoms with E-state index in [1.54, 1.807) is 18.2 Å². The first-order valence-electron chi connectivity index (χ1n) is 7.31. The third kappa shape index (κ3) is 4.92. The summed E-state index contributed by atoms with van der Waals surface area (Å²) in [5, 5.41) is 14.5. The van der Waals surface area contributed by atoms with E-state index in [0.717, 1.165) is 0 Å². The maximum atomic E-state index is 11.4. The SMILES string of the molecule is CC(C)Oc1cccc(NCC(C)C(C)(C)C)c1[N+](=O)[O-]. The Bertz CT molecular complexity index is 493. The number of anilines is 1. The van der Waals surface area contributed by atoms with E-state index in [0.29, 0.717) is 23.9 Å². The van der Waals surface area contributed by atoms with Crippen molar-refractivity contribution in [3.05, 3.63) is 28.3 Å². The van der Waals surface area contributed by atoms with Gasteiger partial charge in [0, 0.05) is 6.54 Å². The Hall–Kier alpha value is -1.78. The van der Waals surface area contributed by atoms with Gasteiger partial charge in [-0.1, -0.05) is 33.8 Å². The normalized spacial score (nSPS) is 13.1. The fourth-order valence-electron chi connectivity index (χ4n) is 1.77. The van der Waals surface area contributed by atoms with E-state index >= 15 is 0 Å². The van der Waals surface area contributed by atoms with Gasteiger partial charge < -0.3 is 10.1 Å². The summed E-state index contributed by atoms with van der Waals surface area (Å²) in [7, 11) is 0. The number of nitrogens with zero attached hydrogens (tertiary/aromatic N) is 1. The van der Waals surface area contributed by atoms with Crippen LogP contribution in [0.1, 0.15) is 41.5 Å². The molecule has 0 amide bonds. The predicted molar refractivity (Wildman–Crippen MR) is 86.0 cm³/mol. The summed E-state index contributed by atoms with van der Waals surface area (Å²) >= 11 is 0. The minimum absolute atomic E-state index is 0.00677. The highest BCUT2D eigenvalue weighted by atomic mass is 16.6. The molecule has 0 bridgehead atoms. The average molecular weight is 294 g/mol. The first-order chi connectivity index (χ1) is 9.62. The summed E-state index contributed by atoms with van der Waals surface area (Å²) in [6.07, 6.45) is -0.104. The van der Waals surface area contributed by atoms with Crippen molar-refractivity contribution >= 4 is 11.4 Å². The van der Waals surface area contributed by atoms with Crippen LogP contribution in [-0.4, -0.2) is 17.6 Å². The molecular weight excluding hydrogens is 268 g/mol. The number of benzene rings is 1. The van der Waals surface area contributed by atoms with Gasteiger partial charge in [-0.05, 0) is 37.3 Å². The molecule has 1 rings (SSSR count). The molecule has 21 heavy (non-hydrogen) atoms. The quantitative estimate of drug-likeness (QED) is 0.620. The lowest BCUT2D eigenvalue weighted by Gasteiger charge is -2.27. The highest BCUT2D eigenvalue weighted by molar-refractivity contribution is 5.68. The Morgan fingerprint density at radius 3 is 2.38 bits per heavy atom. The zero-order valence-corrected chi connectivity index (χ0v) is 13.8. The summed E-state index contributed by atoms with van der Waals surface area (Å²) < 4.78 is 5.54. The highest BCUT2D eigenvalue weighted by Crippen LogP contribution is 2.36. The van der Waals surface area contributed by atoms with E-state index in [2.05, 4.69) is 33.0 Å². The maximum Gasteiger partial charge on any atom is 0.333 e. The monoisotopic (exact) mass is 294 g/mol. The van der Waals surface area contributed by atoms with Crippen molar-refractivity contribution in [2.45, 2.75) is 47.6 Å². The Labute approximate surface area is 126 Å². The molecule has 5 nitrogen and oxygen atoms in total. The number of hydrogen-bond donors (Lipinski definition) is 1. The molecule has 0 aromatic heterocycles. The van der Waals surface area contributed by atoms with Crippen LogP contribution in [0.2, 0.25) is 0 Å². The largest absolute Gasteiger partial charge is 0.484 e. The van der Waals surface area contributed by atoms with Crippen LogP contribution in [0.25, 0.3) is 0 Å². The third-order valence-corrected chi connectivity index (χ3v) is 3.62. The molecule has 0 heterocycles. The minimum atomic E-state index is -0.387. The van der Waals surface area contributed by atoms with Gasteiger partial charge in [0.15, 0.2) is 5.75 Å². The lowest BCUT2D eigenvalue weighted by molar-refractivity contribution is -0.385. The van der Waals surface area contributed by atoms with Gasteiger partial charge in [0.25, 0.3) is 0 Å². The van der Waals surface area contributed by atoms with Crippen LogP contribution in [0, 0.1) is 21.4 Å². The molecule has 0 saturated carbocycles. The molecule has 0 saturated heterocycles. The molecule has 0 aliphatic carbocycles. The minimum Gasteiger partial charge on any atom is -0.484 e. The lowest BCUT2D eigenvalue weighted by atomic mass is 9.82. The molecule has 1 unspecified atom stereocenters. The van der Waals surface area contributed by atoms with Crippen molar-refractivity contribution in [1.82, 2.24) is 0 Å². The van der Waals surface area contributed by atoms with Crippen LogP contribution >= 0.6 is 0 Å². The van der Waals surface area contributed by atoms with Crippen molar-refractivity contribution in [3.8, 4) is 5.75 Å². The number of nitrogens with one attached hydrogen (secondary N) is 1. The zero-order chi connectivity index (χ0) is 16.2. The predicted octanol–water partition coefficient (Wildman–Crippen LogP) is 4.48. The van der Waals surface area contributed by atoms with Gasteiger partial charge in [-0.25, -0.2) is 0 Å². The number of para-hydroxylation sites is 1. The van der Waals surface area contributed by atoms with Gasteiger partial charge in [-0.3, -0.25) is 10.1 Å². The van der Waals surface area contributed by atoms with Crippen LogP contribution in [0.15, 0.2) is 18.2 Å². The van der Waals surface area contributed by atoms with Crippen LogP contribution in [0.5, 0.6) is 5.75 Å². The van der Waals surface area contributed by atoms with Gasteiger partial charge in [0.2, 0.25) is 0 Å². The topological polar surface area (TPSA) is 64.4 Å². The molecule has 118 valence electrons. The lowest BCUT2D eigenvalue weighted by Crippen LogP contribution is -2.25. The third-order valence-electron chi connectivity index (χ3n) is 3.62. The van der Waals surface area contributed by atoms with E-state index < -0.39 is 0 Å². The van der Waals surface area contributed by atoms with Crippen molar-refractivity contribution in [3.63, 3.8) is 0 Å². The Kier molecular flexibility index (Phi) is 5.58. The second-order valence-electron chi connectivity index (χ2n) is 6.72. The Morgan fingerprint density at radius 1 is 1.29 bits per heavy atom. The van der Waals surface area contributed by atoms with Crippen molar-refractivity contribution in [2.24, 2.45) is 11.3 Å². The molecule has 0 aliphatic rings. The van der Waals surface area contributed by atoms with Crippen LogP contribution in [0.3, 0.4) is 0 Å². The second-order valence-corrected chi connectivity index (χ2v) is 6.72. The van der Waals surface area contributed by atoms with Crippen LogP contribution in [-0.2, 0) is 0 Å². The molecule has 0 spiro atoms. The summed E-state index contributed by atoms with van der Waals surface area (Å²) in [5.41, 5.74) is 0.662. The van der Waals surface area contributed by atoms with Crippen molar-refractivity contribution in [2.75, 3.05) is 11.9 Å². The fraction of sp³-hybridized carbons (Fsp3) is 0.625. The zero-order valence-electron chi connectivity index (χ0n) is 13.8. The number of nitro groups is 1. The first-order valence-corrected chi connectivity index (χ1v) is 7.31. The number of nitro benzene ring substituents is 1. The van der Waals surface area contributed by atoms with E-state index in [1.807, 2.05) is 13.8 Å². The summed E-state index contributed by atoms with van der Waals surface area (Å²) in [6.45, 7) is 13.0. The number of hydrogen-bond acceptors (Lipinski definition) is 4.